The number of aliphatic hydroxyl groups is 2. The van der Waals surface area contributed by atoms with Crippen LogP contribution in [0.3, 0.4) is 0 Å². The molecule has 0 amide bonds. The van der Waals surface area contributed by atoms with Gasteiger partial charge >= 0.3 is 0 Å². The lowest BCUT2D eigenvalue weighted by molar-refractivity contribution is -0.0437. The molecule has 0 bridgehead atoms. The molecule has 110 valence electrons. The van der Waals surface area contributed by atoms with Crippen molar-refractivity contribution < 1.29 is 14.9 Å². The van der Waals surface area contributed by atoms with Crippen LogP contribution in [0.2, 0.25) is 0 Å². The number of H-pyrrole nitrogens is 1. The van der Waals surface area contributed by atoms with Crippen LogP contribution in [-0.4, -0.2) is 54.6 Å². The molecule has 2 aromatic rings. The lowest BCUT2D eigenvalue weighted by Gasteiger charge is -2.16. The van der Waals surface area contributed by atoms with Gasteiger partial charge in [0.25, 0.3) is 5.56 Å². The zero-order chi connectivity index (χ0) is 15.0. The van der Waals surface area contributed by atoms with E-state index in [1.165, 1.54) is 17.2 Å². The maximum Gasteiger partial charge on any atom is 0.278 e. The molecule has 1 saturated heterocycles. The maximum absolute atomic E-state index is 11.6. The van der Waals surface area contributed by atoms with Gasteiger partial charge in [0.2, 0.25) is 0 Å². The number of rotatable bonds is 3. The topological polar surface area (TPSA) is 162 Å². The van der Waals surface area contributed by atoms with E-state index in [1.54, 1.807) is 0 Å². The Balaban J connectivity index is 2.10. The Morgan fingerprint density at radius 2 is 2.38 bits per heavy atom. The molecule has 21 heavy (non-hydrogen) atoms. The van der Waals surface area contributed by atoms with Crippen LogP contribution in [0.15, 0.2) is 22.6 Å². The van der Waals surface area contributed by atoms with Crippen molar-refractivity contribution in [3.8, 4) is 0 Å². The Bertz CT molecular complexity index is 764. The number of nitrogens with one attached hydrogen (secondary N) is 1. The minimum absolute atomic E-state index is 0.0997. The number of imidazole rings is 1. The van der Waals surface area contributed by atoms with E-state index in [0.717, 1.165) is 0 Å². The summed E-state index contributed by atoms with van der Waals surface area (Å²) in [6.07, 6.45) is -0.461. The normalized spacial score (nSPS) is 28.7. The number of fused-ring (bicyclic) bond motifs is 1. The molecular formula is C10H11N7O4. The SMILES string of the molecule is [N-]=[N+]=N[C@H]1[C@H](O)[C@@H](CO)O[C@H]1n1cnc2c(=O)[nH]cnc21. The fourth-order valence-corrected chi connectivity index (χ4v) is 2.34. The molecule has 1 fully saturated rings. The van der Waals surface area contributed by atoms with Crippen molar-refractivity contribution in [1.29, 1.82) is 0 Å². The Hall–Kier alpha value is -2.46. The van der Waals surface area contributed by atoms with Crippen molar-refractivity contribution >= 4 is 11.2 Å². The van der Waals surface area contributed by atoms with Crippen molar-refractivity contribution in [3.63, 3.8) is 0 Å². The second kappa shape index (κ2) is 5.14. The molecule has 2 aromatic heterocycles. The van der Waals surface area contributed by atoms with Gasteiger partial charge < -0.3 is 19.9 Å². The Morgan fingerprint density at radius 3 is 3.10 bits per heavy atom. The average molecular weight is 293 g/mol. The highest BCUT2D eigenvalue weighted by Crippen LogP contribution is 2.33. The monoisotopic (exact) mass is 293 g/mol. The Morgan fingerprint density at radius 1 is 1.57 bits per heavy atom. The first-order valence-electron chi connectivity index (χ1n) is 6.06. The van der Waals surface area contributed by atoms with Gasteiger partial charge in [-0.15, -0.1) is 0 Å². The summed E-state index contributed by atoms with van der Waals surface area (Å²) in [7, 11) is 0. The molecule has 0 spiro atoms. The molecule has 0 aliphatic carbocycles. The summed E-state index contributed by atoms with van der Waals surface area (Å²) >= 11 is 0. The minimum Gasteiger partial charge on any atom is -0.394 e. The van der Waals surface area contributed by atoms with Crippen molar-refractivity contribution in [3.05, 3.63) is 33.5 Å². The van der Waals surface area contributed by atoms with Gasteiger partial charge in [-0.25, -0.2) is 9.97 Å². The number of azide groups is 1. The lowest BCUT2D eigenvalue weighted by Crippen LogP contribution is -2.31. The van der Waals surface area contributed by atoms with Gasteiger partial charge in [0.05, 0.1) is 25.4 Å². The fourth-order valence-electron chi connectivity index (χ4n) is 2.34. The molecule has 0 saturated carbocycles. The summed E-state index contributed by atoms with van der Waals surface area (Å²) in [6.45, 7) is -0.435. The number of aromatic amines is 1. The van der Waals surface area contributed by atoms with Gasteiger partial charge in [-0.3, -0.25) is 9.36 Å². The summed E-state index contributed by atoms with van der Waals surface area (Å²) in [5, 5.41) is 22.7. The van der Waals surface area contributed by atoms with Gasteiger partial charge in [-0.05, 0) is 5.53 Å². The van der Waals surface area contributed by atoms with Gasteiger partial charge in [0.1, 0.15) is 18.4 Å². The smallest absolute Gasteiger partial charge is 0.278 e. The number of hydrogen-bond donors (Lipinski definition) is 3. The highest BCUT2D eigenvalue weighted by molar-refractivity contribution is 5.68. The molecule has 3 heterocycles. The van der Waals surface area contributed by atoms with E-state index in [4.69, 9.17) is 10.3 Å². The van der Waals surface area contributed by atoms with Crippen molar-refractivity contribution in [2.45, 2.75) is 24.5 Å². The molecule has 0 unspecified atom stereocenters. The first-order valence-corrected chi connectivity index (χ1v) is 6.06. The van der Waals surface area contributed by atoms with Gasteiger partial charge in [0.15, 0.2) is 11.2 Å². The molecule has 0 radical (unpaired) electrons. The number of aromatic nitrogens is 4. The average Bonchev–Trinajstić information content (AvgIpc) is 3.03. The quantitative estimate of drug-likeness (QED) is 0.375. The number of hydrogen-bond acceptors (Lipinski definition) is 7. The van der Waals surface area contributed by atoms with Crippen LogP contribution in [0.25, 0.3) is 21.6 Å². The second-order valence-electron chi connectivity index (χ2n) is 4.49. The predicted octanol–water partition coefficient (Wildman–Crippen LogP) is -0.951. The van der Waals surface area contributed by atoms with Crippen LogP contribution in [0, 0.1) is 0 Å². The standard InChI is InChI=1S/C10H11N7O4/c11-16-15-5-7(19)4(1-18)21-10(5)17-3-14-6-8(17)12-2-13-9(6)20/h2-5,7,10,18-19H,1H2,(H,12,13,20)/t4-,5+,7-,10-/m1/s1. The third-order valence-electron chi connectivity index (χ3n) is 3.34. The fraction of sp³-hybridized carbons (Fsp3) is 0.500. The highest BCUT2D eigenvalue weighted by atomic mass is 16.5. The van der Waals surface area contributed by atoms with Gasteiger partial charge in [-0.2, -0.15) is 0 Å². The molecule has 11 nitrogen and oxygen atoms in total. The van der Waals surface area contributed by atoms with E-state index >= 15 is 0 Å². The molecule has 3 rings (SSSR count). The van der Waals surface area contributed by atoms with E-state index in [2.05, 4.69) is 25.0 Å². The third kappa shape index (κ3) is 2.04. The first kappa shape index (κ1) is 13.5. The largest absolute Gasteiger partial charge is 0.394 e. The van der Waals surface area contributed by atoms with Crippen molar-refractivity contribution in [1.82, 2.24) is 19.5 Å². The van der Waals surface area contributed by atoms with Crippen LogP contribution in [0.5, 0.6) is 0 Å². The molecular weight excluding hydrogens is 282 g/mol. The summed E-state index contributed by atoms with van der Waals surface area (Å²) in [5.41, 5.74) is 8.52. The Kier molecular flexibility index (Phi) is 3.31. The minimum atomic E-state index is -1.17. The van der Waals surface area contributed by atoms with Crippen LogP contribution < -0.4 is 5.56 Å². The predicted molar refractivity (Wildman–Crippen MR) is 68.1 cm³/mol. The molecule has 4 atom stereocenters. The first-order chi connectivity index (χ1) is 10.2. The zero-order valence-electron chi connectivity index (χ0n) is 10.6. The van der Waals surface area contributed by atoms with E-state index in [-0.39, 0.29) is 11.2 Å². The highest BCUT2D eigenvalue weighted by Gasteiger charge is 2.44. The zero-order valence-corrected chi connectivity index (χ0v) is 10.6. The summed E-state index contributed by atoms with van der Waals surface area (Å²) < 4.78 is 6.88. The van der Waals surface area contributed by atoms with Gasteiger partial charge in [0, 0.05) is 4.91 Å². The number of aliphatic hydroxyl groups excluding tert-OH is 2. The lowest BCUT2D eigenvalue weighted by atomic mass is 10.1. The summed E-state index contributed by atoms with van der Waals surface area (Å²) in [5.74, 6) is 0. The Labute approximate surface area is 116 Å². The molecule has 0 aromatic carbocycles. The number of nitrogens with zero attached hydrogens (tertiary/aromatic N) is 6. The van der Waals surface area contributed by atoms with Gasteiger partial charge in [-0.1, -0.05) is 5.11 Å². The van der Waals surface area contributed by atoms with Crippen LogP contribution in [0.4, 0.5) is 0 Å². The van der Waals surface area contributed by atoms with Crippen LogP contribution in [0.1, 0.15) is 6.23 Å². The van der Waals surface area contributed by atoms with E-state index in [9.17, 15) is 15.0 Å². The summed E-state index contributed by atoms with van der Waals surface area (Å²) in [4.78, 5) is 24.6. The third-order valence-corrected chi connectivity index (χ3v) is 3.34. The molecule has 1 aliphatic heterocycles. The summed E-state index contributed by atoms with van der Waals surface area (Å²) in [6, 6.07) is -0.967. The second-order valence-corrected chi connectivity index (χ2v) is 4.49. The maximum atomic E-state index is 11.6. The van der Waals surface area contributed by atoms with Crippen LogP contribution in [-0.2, 0) is 4.74 Å². The van der Waals surface area contributed by atoms with E-state index in [1.807, 2.05) is 0 Å². The molecule has 11 heteroatoms. The molecule has 1 aliphatic rings. The van der Waals surface area contributed by atoms with E-state index < -0.39 is 36.6 Å². The van der Waals surface area contributed by atoms with Crippen LogP contribution >= 0.6 is 0 Å². The van der Waals surface area contributed by atoms with Crippen molar-refractivity contribution in [2.24, 2.45) is 5.11 Å². The molecule has 3 N–H and O–H groups in total. The number of ether oxygens (including phenoxy) is 1. The van der Waals surface area contributed by atoms with Crippen molar-refractivity contribution in [2.75, 3.05) is 6.61 Å². The van der Waals surface area contributed by atoms with E-state index in [0.29, 0.717) is 0 Å².